The van der Waals surface area contributed by atoms with Crippen molar-refractivity contribution in [3.8, 4) is 11.5 Å². The Morgan fingerprint density at radius 2 is 1.31 bits per heavy atom. The van der Waals surface area contributed by atoms with Crippen LogP contribution in [0.25, 0.3) is 0 Å². The molecule has 3 aromatic rings. The number of ether oxygens (including phenoxy) is 2. The van der Waals surface area contributed by atoms with Gasteiger partial charge in [0.05, 0.1) is 13.5 Å². The molecule has 3 aromatic carbocycles. The van der Waals surface area contributed by atoms with Gasteiger partial charge >= 0.3 is 0 Å². The van der Waals surface area contributed by atoms with Crippen LogP contribution in [0.1, 0.15) is 16.7 Å². The average molecular weight is 391 g/mol. The molecule has 3 rings (SSSR count). The summed E-state index contributed by atoms with van der Waals surface area (Å²) in [5.74, 6) is 1.11. The molecule has 29 heavy (non-hydrogen) atoms. The monoisotopic (exact) mass is 391 g/mol. The maximum Gasteiger partial charge on any atom is 0.250 e. The number of hydroxylamine groups is 2. The Labute approximate surface area is 171 Å². The number of hydrogen-bond donors (Lipinski definition) is 0. The summed E-state index contributed by atoms with van der Waals surface area (Å²) in [6.45, 7) is 0.852. The van der Waals surface area contributed by atoms with Crippen molar-refractivity contribution in [1.29, 1.82) is 0 Å². The quantitative estimate of drug-likeness (QED) is 0.507. The highest BCUT2D eigenvalue weighted by Gasteiger charge is 2.13. The lowest BCUT2D eigenvalue weighted by molar-refractivity contribution is -0.167. The number of rotatable bonds is 9. The summed E-state index contributed by atoms with van der Waals surface area (Å²) in [6.07, 6.45) is 0.213. The van der Waals surface area contributed by atoms with Crippen LogP contribution >= 0.6 is 0 Å². The van der Waals surface area contributed by atoms with E-state index in [-0.39, 0.29) is 12.3 Å². The van der Waals surface area contributed by atoms with Gasteiger partial charge in [0.25, 0.3) is 0 Å². The van der Waals surface area contributed by atoms with Gasteiger partial charge in [-0.2, -0.15) is 0 Å². The summed E-state index contributed by atoms with van der Waals surface area (Å²) < 4.78 is 12.0. The molecular formula is C24H25NO4. The van der Waals surface area contributed by atoms with Gasteiger partial charge in [0.1, 0.15) is 13.2 Å². The van der Waals surface area contributed by atoms with Crippen LogP contribution < -0.4 is 9.47 Å². The molecule has 5 nitrogen and oxygen atoms in total. The van der Waals surface area contributed by atoms with E-state index in [4.69, 9.17) is 14.3 Å². The van der Waals surface area contributed by atoms with Crippen LogP contribution in [0.3, 0.4) is 0 Å². The second-order valence-corrected chi connectivity index (χ2v) is 6.58. The van der Waals surface area contributed by atoms with Gasteiger partial charge in [-0.1, -0.05) is 66.7 Å². The van der Waals surface area contributed by atoms with E-state index in [2.05, 4.69) is 0 Å². The van der Waals surface area contributed by atoms with Crippen molar-refractivity contribution in [3.05, 3.63) is 95.6 Å². The molecule has 0 N–H and O–H groups in total. The van der Waals surface area contributed by atoms with Crippen molar-refractivity contribution >= 4 is 5.91 Å². The largest absolute Gasteiger partial charge is 0.485 e. The van der Waals surface area contributed by atoms with Gasteiger partial charge in [-0.25, -0.2) is 5.06 Å². The van der Waals surface area contributed by atoms with Crippen molar-refractivity contribution in [2.45, 2.75) is 19.6 Å². The molecule has 5 heteroatoms. The van der Waals surface area contributed by atoms with Crippen LogP contribution in [-0.2, 0) is 29.3 Å². The molecule has 0 aromatic heterocycles. The van der Waals surface area contributed by atoms with Crippen LogP contribution in [0.4, 0.5) is 0 Å². The maximum absolute atomic E-state index is 12.2. The van der Waals surface area contributed by atoms with Gasteiger partial charge in [-0.3, -0.25) is 9.63 Å². The highest BCUT2D eigenvalue weighted by atomic mass is 16.7. The Hall–Kier alpha value is -3.31. The Morgan fingerprint density at radius 1 is 0.759 bits per heavy atom. The first-order chi connectivity index (χ1) is 14.2. The predicted molar refractivity (Wildman–Crippen MR) is 111 cm³/mol. The molecule has 0 radical (unpaired) electrons. The highest BCUT2D eigenvalue weighted by Crippen LogP contribution is 2.30. The SMILES string of the molecule is CON(C)C(=O)Cc1ccc(OCc2ccccc2)c(OCc2ccccc2)c1. The van der Waals surface area contributed by atoms with Gasteiger partial charge in [-0.15, -0.1) is 0 Å². The number of likely N-dealkylation sites (N-methyl/N-ethyl adjacent to an activating group) is 1. The highest BCUT2D eigenvalue weighted by molar-refractivity contribution is 5.77. The molecule has 1 amide bonds. The van der Waals surface area contributed by atoms with E-state index in [1.807, 2.05) is 78.9 Å². The zero-order valence-corrected chi connectivity index (χ0v) is 16.7. The number of benzene rings is 3. The maximum atomic E-state index is 12.2. The second-order valence-electron chi connectivity index (χ2n) is 6.58. The summed E-state index contributed by atoms with van der Waals surface area (Å²) in [5, 5.41) is 1.21. The molecule has 0 bridgehead atoms. The Kier molecular flexibility index (Phi) is 7.25. The number of amides is 1. The third kappa shape index (κ3) is 6.09. The van der Waals surface area contributed by atoms with Crippen molar-refractivity contribution in [3.63, 3.8) is 0 Å². The number of carbonyl (C=O) groups is 1. The normalized spacial score (nSPS) is 10.4. The van der Waals surface area contributed by atoms with E-state index in [1.54, 1.807) is 7.05 Å². The Morgan fingerprint density at radius 3 is 1.86 bits per heavy atom. The second kappa shape index (κ2) is 10.3. The third-order valence-electron chi connectivity index (χ3n) is 4.46. The number of hydrogen-bond acceptors (Lipinski definition) is 4. The fourth-order valence-corrected chi connectivity index (χ4v) is 2.75. The van der Waals surface area contributed by atoms with E-state index in [9.17, 15) is 4.79 Å². The van der Waals surface area contributed by atoms with Gasteiger partial charge in [0.2, 0.25) is 5.91 Å². The standard InChI is InChI=1S/C24H25NO4/c1-25(27-2)24(26)16-21-13-14-22(28-17-19-9-5-3-6-10-19)23(15-21)29-18-20-11-7-4-8-12-20/h3-15H,16-18H2,1-2H3. The predicted octanol–water partition coefficient (Wildman–Crippen LogP) is 4.41. The molecule has 0 unspecified atom stereocenters. The Balaban J connectivity index is 1.76. The van der Waals surface area contributed by atoms with Gasteiger partial charge in [0.15, 0.2) is 11.5 Å². The van der Waals surface area contributed by atoms with Gasteiger partial charge < -0.3 is 9.47 Å². The van der Waals surface area contributed by atoms with Crippen LogP contribution in [-0.4, -0.2) is 25.1 Å². The average Bonchev–Trinajstić information content (AvgIpc) is 2.77. The van der Waals surface area contributed by atoms with Crippen LogP contribution in [0.5, 0.6) is 11.5 Å². The minimum absolute atomic E-state index is 0.139. The molecule has 0 saturated carbocycles. The molecule has 0 spiro atoms. The van der Waals surface area contributed by atoms with Crippen molar-refractivity contribution < 1.29 is 19.1 Å². The van der Waals surface area contributed by atoms with Gasteiger partial charge in [0, 0.05) is 7.05 Å². The molecule has 0 atom stereocenters. The third-order valence-corrected chi connectivity index (χ3v) is 4.46. The van der Waals surface area contributed by atoms with Crippen LogP contribution in [0.2, 0.25) is 0 Å². The summed E-state index contributed by atoms with van der Waals surface area (Å²) in [5.41, 5.74) is 2.96. The molecule has 0 aliphatic carbocycles. The van der Waals surface area contributed by atoms with Crippen molar-refractivity contribution in [2.75, 3.05) is 14.2 Å². The van der Waals surface area contributed by atoms with E-state index in [0.717, 1.165) is 16.7 Å². The van der Waals surface area contributed by atoms with E-state index < -0.39 is 0 Å². The van der Waals surface area contributed by atoms with Crippen molar-refractivity contribution in [1.82, 2.24) is 5.06 Å². The molecular weight excluding hydrogens is 366 g/mol. The van der Waals surface area contributed by atoms with E-state index in [1.165, 1.54) is 12.2 Å². The summed E-state index contributed by atoms with van der Waals surface area (Å²) in [6, 6.07) is 25.5. The minimum Gasteiger partial charge on any atom is -0.485 e. The minimum atomic E-state index is -0.139. The lowest BCUT2D eigenvalue weighted by Crippen LogP contribution is -2.26. The zero-order valence-electron chi connectivity index (χ0n) is 16.7. The smallest absolute Gasteiger partial charge is 0.250 e. The molecule has 150 valence electrons. The molecule has 0 saturated heterocycles. The fourth-order valence-electron chi connectivity index (χ4n) is 2.75. The first-order valence-corrected chi connectivity index (χ1v) is 9.42. The molecule has 0 aliphatic heterocycles. The lowest BCUT2D eigenvalue weighted by Gasteiger charge is -2.16. The van der Waals surface area contributed by atoms with Crippen molar-refractivity contribution in [2.24, 2.45) is 0 Å². The zero-order chi connectivity index (χ0) is 20.5. The summed E-state index contributed by atoms with van der Waals surface area (Å²) in [7, 11) is 3.05. The van der Waals surface area contributed by atoms with E-state index >= 15 is 0 Å². The number of nitrogens with zero attached hydrogens (tertiary/aromatic N) is 1. The van der Waals surface area contributed by atoms with Crippen LogP contribution in [0.15, 0.2) is 78.9 Å². The molecule has 0 heterocycles. The first-order valence-electron chi connectivity index (χ1n) is 9.42. The fraction of sp³-hybridized carbons (Fsp3) is 0.208. The first kappa shape index (κ1) is 20.4. The molecule has 0 fully saturated rings. The number of carbonyl (C=O) groups excluding carboxylic acids is 1. The van der Waals surface area contributed by atoms with Gasteiger partial charge in [-0.05, 0) is 28.8 Å². The lowest BCUT2D eigenvalue weighted by atomic mass is 10.1. The van der Waals surface area contributed by atoms with Crippen LogP contribution in [0, 0.1) is 0 Å². The van der Waals surface area contributed by atoms with E-state index in [0.29, 0.717) is 24.7 Å². The summed E-state index contributed by atoms with van der Waals surface area (Å²) in [4.78, 5) is 17.1. The topological polar surface area (TPSA) is 48.0 Å². The molecule has 0 aliphatic rings. The Bertz CT molecular complexity index is 913. The summed E-state index contributed by atoms with van der Waals surface area (Å²) >= 11 is 0.